The van der Waals surface area contributed by atoms with Gasteiger partial charge in [0.15, 0.2) is 0 Å². The fourth-order valence-electron chi connectivity index (χ4n) is 3.27. The van der Waals surface area contributed by atoms with Crippen molar-refractivity contribution in [3.63, 3.8) is 0 Å². The van der Waals surface area contributed by atoms with Gasteiger partial charge in [-0.3, -0.25) is 35.0 Å². The van der Waals surface area contributed by atoms with E-state index in [1.807, 2.05) is 10.6 Å². The second-order valence-corrected chi connectivity index (χ2v) is 5.92. The molecule has 11 heteroatoms. The van der Waals surface area contributed by atoms with Gasteiger partial charge in [-0.05, 0) is 18.2 Å². The van der Waals surface area contributed by atoms with Gasteiger partial charge in [0.05, 0.1) is 12.7 Å². The fraction of sp³-hybridized carbons (Fsp3) is 0.188. The van der Waals surface area contributed by atoms with Gasteiger partial charge in [0, 0.05) is 11.5 Å². The number of imide groups is 2. The van der Waals surface area contributed by atoms with E-state index in [1.54, 1.807) is 6.07 Å². The highest BCUT2D eigenvalue weighted by atomic mass is 16.5. The summed E-state index contributed by atoms with van der Waals surface area (Å²) in [5.74, 6) is -3.85. The number of nitrogens with one attached hydrogen (secondary N) is 4. The van der Waals surface area contributed by atoms with Crippen LogP contribution < -0.4 is 31.4 Å². The smallest absolute Gasteiger partial charge is 0.328 e. The van der Waals surface area contributed by atoms with Gasteiger partial charge in [0.1, 0.15) is 17.4 Å². The summed E-state index contributed by atoms with van der Waals surface area (Å²) in [6, 6.07) is 3.67. The van der Waals surface area contributed by atoms with Crippen molar-refractivity contribution in [1.29, 1.82) is 0 Å². The van der Waals surface area contributed by atoms with E-state index in [9.17, 15) is 24.0 Å². The molecule has 4 amide bonds. The summed E-state index contributed by atoms with van der Waals surface area (Å²) in [6.07, 6.45) is 0. The molecule has 0 radical (unpaired) electrons. The molecule has 1 aromatic carbocycles. The monoisotopic (exact) mass is 372 g/mol. The van der Waals surface area contributed by atoms with Crippen molar-refractivity contribution in [2.75, 3.05) is 7.11 Å². The predicted molar refractivity (Wildman–Crippen MR) is 87.8 cm³/mol. The number of urea groups is 1. The number of aromatic nitrogens is 2. The summed E-state index contributed by atoms with van der Waals surface area (Å²) in [5, 5.41) is 4.02. The Balaban J connectivity index is 1.98. The number of barbiturate groups is 1. The predicted octanol–water partition coefficient (Wildman–Crippen LogP) is -0.708. The summed E-state index contributed by atoms with van der Waals surface area (Å²) < 4.78 is 10.8. The first kappa shape index (κ1) is 16.6. The molecule has 27 heavy (non-hydrogen) atoms. The molecule has 0 unspecified atom stereocenters. The number of H-pyrrole nitrogens is 2. The second kappa shape index (κ2) is 5.83. The maximum Gasteiger partial charge on any atom is 0.328 e. The largest absolute Gasteiger partial charge is 0.497 e. The number of ether oxygens (including phenoxy) is 2. The minimum Gasteiger partial charge on any atom is -0.497 e. The quantitative estimate of drug-likeness (QED) is 0.507. The third kappa shape index (κ3) is 2.56. The molecular formula is C16H12N4O7. The van der Waals surface area contributed by atoms with Crippen LogP contribution >= 0.6 is 0 Å². The van der Waals surface area contributed by atoms with Crippen molar-refractivity contribution < 1.29 is 23.9 Å². The van der Waals surface area contributed by atoms with Gasteiger partial charge in [-0.1, -0.05) is 0 Å². The lowest BCUT2D eigenvalue weighted by molar-refractivity contribution is -0.136. The number of amides is 4. The van der Waals surface area contributed by atoms with E-state index in [0.29, 0.717) is 11.3 Å². The lowest BCUT2D eigenvalue weighted by atomic mass is 9.78. The molecule has 0 spiro atoms. The van der Waals surface area contributed by atoms with Crippen molar-refractivity contribution in [2.45, 2.75) is 5.92 Å². The van der Waals surface area contributed by atoms with Crippen LogP contribution in [0.25, 0.3) is 0 Å². The topological polar surface area (TPSA) is 159 Å². The SMILES string of the molecule is COc1ccc2c(c1)[C@H](C1C(=O)NC(=O)NC1=O)c1c([nH]c(=O)[nH]c1=O)O2. The maximum atomic E-state index is 12.5. The first-order valence-electron chi connectivity index (χ1n) is 7.77. The number of hydrogen-bond donors (Lipinski definition) is 4. The number of rotatable bonds is 2. The van der Waals surface area contributed by atoms with Crippen LogP contribution in [0.1, 0.15) is 17.0 Å². The summed E-state index contributed by atoms with van der Waals surface area (Å²) in [4.78, 5) is 64.7. The Bertz CT molecular complexity index is 1100. The molecular weight excluding hydrogens is 360 g/mol. The van der Waals surface area contributed by atoms with Gasteiger partial charge in [0.25, 0.3) is 5.56 Å². The molecule has 4 N–H and O–H groups in total. The minimum absolute atomic E-state index is 0.111. The molecule has 4 rings (SSSR count). The first-order chi connectivity index (χ1) is 12.9. The molecule has 1 saturated heterocycles. The van der Waals surface area contributed by atoms with E-state index in [1.165, 1.54) is 19.2 Å². The van der Waals surface area contributed by atoms with Crippen LogP contribution in [-0.4, -0.2) is 34.9 Å². The van der Waals surface area contributed by atoms with Crippen LogP contribution in [0, 0.1) is 5.92 Å². The van der Waals surface area contributed by atoms with Crippen molar-refractivity contribution in [1.82, 2.24) is 20.6 Å². The number of hydrogen-bond acceptors (Lipinski definition) is 7. The highest BCUT2D eigenvalue weighted by molar-refractivity contribution is 6.17. The lowest BCUT2D eigenvalue weighted by Crippen LogP contribution is -2.58. The van der Waals surface area contributed by atoms with Crippen LogP contribution in [0.5, 0.6) is 17.4 Å². The number of fused-ring (bicyclic) bond motifs is 2. The van der Waals surface area contributed by atoms with E-state index >= 15 is 0 Å². The van der Waals surface area contributed by atoms with Gasteiger partial charge in [-0.15, -0.1) is 0 Å². The molecule has 3 heterocycles. The lowest BCUT2D eigenvalue weighted by Gasteiger charge is -2.32. The van der Waals surface area contributed by atoms with Crippen molar-refractivity contribution in [3.05, 3.63) is 50.2 Å². The van der Waals surface area contributed by atoms with E-state index in [4.69, 9.17) is 9.47 Å². The van der Waals surface area contributed by atoms with Crippen molar-refractivity contribution in [2.24, 2.45) is 5.92 Å². The zero-order valence-electron chi connectivity index (χ0n) is 13.7. The Morgan fingerprint density at radius 2 is 1.67 bits per heavy atom. The fourth-order valence-corrected chi connectivity index (χ4v) is 3.27. The molecule has 1 fully saturated rings. The Hall–Kier alpha value is -3.89. The maximum absolute atomic E-state index is 12.5. The van der Waals surface area contributed by atoms with Gasteiger partial charge in [0.2, 0.25) is 17.7 Å². The minimum atomic E-state index is -1.44. The summed E-state index contributed by atoms with van der Waals surface area (Å²) >= 11 is 0. The van der Waals surface area contributed by atoms with Gasteiger partial charge < -0.3 is 9.47 Å². The zero-order chi connectivity index (χ0) is 19.3. The molecule has 0 aliphatic carbocycles. The second-order valence-electron chi connectivity index (χ2n) is 5.92. The van der Waals surface area contributed by atoms with E-state index in [0.717, 1.165) is 0 Å². The van der Waals surface area contributed by atoms with Gasteiger partial charge in [-0.25, -0.2) is 9.59 Å². The van der Waals surface area contributed by atoms with Crippen molar-refractivity contribution in [3.8, 4) is 17.4 Å². The molecule has 11 nitrogen and oxygen atoms in total. The van der Waals surface area contributed by atoms with Crippen LogP contribution in [-0.2, 0) is 9.59 Å². The molecule has 2 aliphatic rings. The average molecular weight is 372 g/mol. The summed E-state index contributed by atoms with van der Waals surface area (Å²) in [6.45, 7) is 0. The molecule has 2 aliphatic heterocycles. The van der Waals surface area contributed by atoms with E-state index in [-0.39, 0.29) is 17.2 Å². The molecule has 138 valence electrons. The van der Waals surface area contributed by atoms with Crippen molar-refractivity contribution >= 4 is 17.8 Å². The normalized spacial score (nSPS) is 18.7. The van der Waals surface area contributed by atoms with E-state index < -0.39 is 40.9 Å². The first-order valence-corrected chi connectivity index (χ1v) is 7.77. The highest BCUT2D eigenvalue weighted by Gasteiger charge is 2.46. The Morgan fingerprint density at radius 3 is 2.33 bits per heavy atom. The Morgan fingerprint density at radius 1 is 0.963 bits per heavy atom. The standard InChI is InChI=1S/C16H12N4O7/c1-26-5-2-3-7-6(4-5)8(9-11(21)17-15(24)18-12(9)22)10-13(23)19-16(25)20-14(10)27-7/h2-4,8-9H,1H3,(H2,19,20,23,25)(H2,17,18,21,22,24)/t8-/m1/s1. The van der Waals surface area contributed by atoms with Crippen LogP contribution in [0.2, 0.25) is 0 Å². The third-order valence-corrected chi connectivity index (χ3v) is 4.39. The number of benzene rings is 1. The van der Waals surface area contributed by atoms with Crippen LogP contribution in [0.4, 0.5) is 4.79 Å². The average Bonchev–Trinajstić information content (AvgIpc) is 2.59. The number of carbonyl (C=O) groups is 3. The molecule has 0 saturated carbocycles. The summed E-state index contributed by atoms with van der Waals surface area (Å²) in [7, 11) is 1.43. The number of methoxy groups -OCH3 is 1. The summed E-state index contributed by atoms with van der Waals surface area (Å²) in [5.41, 5.74) is -1.41. The van der Waals surface area contributed by atoms with Crippen LogP contribution in [0.15, 0.2) is 27.8 Å². The third-order valence-electron chi connectivity index (χ3n) is 4.39. The Labute approximate surface area is 149 Å². The molecule has 0 bridgehead atoms. The van der Waals surface area contributed by atoms with E-state index in [2.05, 4.69) is 9.97 Å². The highest BCUT2D eigenvalue weighted by Crippen LogP contribution is 2.46. The van der Waals surface area contributed by atoms with Gasteiger partial charge in [-0.2, -0.15) is 0 Å². The Kier molecular flexibility index (Phi) is 3.58. The van der Waals surface area contributed by atoms with Crippen LogP contribution in [0.3, 0.4) is 0 Å². The van der Waals surface area contributed by atoms with Gasteiger partial charge >= 0.3 is 11.7 Å². The molecule has 1 atom stereocenters. The molecule has 1 aromatic heterocycles. The number of aromatic amines is 2. The zero-order valence-corrected chi connectivity index (χ0v) is 13.7. The number of carbonyl (C=O) groups excluding carboxylic acids is 3. The molecule has 2 aromatic rings.